The van der Waals surface area contributed by atoms with Crippen molar-refractivity contribution in [3.05, 3.63) is 23.9 Å². The lowest BCUT2D eigenvalue weighted by Crippen LogP contribution is -2.31. The third-order valence-corrected chi connectivity index (χ3v) is 2.28. The molecule has 0 saturated carbocycles. The normalized spacial score (nSPS) is 15.5. The summed E-state index contributed by atoms with van der Waals surface area (Å²) in [7, 11) is 0. The second kappa shape index (κ2) is 4.39. The summed E-state index contributed by atoms with van der Waals surface area (Å²) in [5.74, 6) is 0.490. The monoisotopic (exact) mass is 195 g/mol. The molecule has 0 unspecified atom stereocenters. The van der Waals surface area contributed by atoms with Crippen molar-refractivity contribution in [3.8, 4) is 0 Å². The van der Waals surface area contributed by atoms with E-state index in [9.17, 15) is 5.11 Å². The maximum absolute atomic E-state index is 9.76. The molecule has 14 heavy (non-hydrogen) atoms. The summed E-state index contributed by atoms with van der Waals surface area (Å²) < 4.78 is 0. The maximum Gasteiger partial charge on any atom is 0.128 e. The Labute approximate surface area is 83.9 Å². The molecule has 78 valence electrons. The first-order chi connectivity index (χ1) is 6.54. The number of anilines is 1. The number of rotatable bonds is 3. The van der Waals surface area contributed by atoms with E-state index < -0.39 is 12.1 Å². The lowest BCUT2D eigenvalue weighted by atomic mass is 9.95. The van der Waals surface area contributed by atoms with E-state index in [2.05, 4.69) is 4.98 Å². The van der Waals surface area contributed by atoms with Crippen molar-refractivity contribution in [1.82, 2.24) is 4.98 Å². The summed E-state index contributed by atoms with van der Waals surface area (Å²) in [6.45, 7) is 3.83. The smallest absolute Gasteiger partial charge is 0.128 e. The third kappa shape index (κ3) is 2.21. The van der Waals surface area contributed by atoms with Crippen molar-refractivity contribution in [2.45, 2.75) is 26.0 Å². The topological polar surface area (TPSA) is 85.2 Å². The lowest BCUT2D eigenvalue weighted by molar-refractivity contribution is 0.0981. The highest BCUT2D eigenvalue weighted by atomic mass is 16.3. The summed E-state index contributed by atoms with van der Waals surface area (Å²) in [5, 5.41) is 9.76. The zero-order valence-corrected chi connectivity index (χ0v) is 8.51. The molecule has 0 radical (unpaired) electrons. The van der Waals surface area contributed by atoms with Crippen LogP contribution >= 0.6 is 0 Å². The minimum Gasteiger partial charge on any atom is -0.391 e. The van der Waals surface area contributed by atoms with Gasteiger partial charge in [0.1, 0.15) is 5.82 Å². The molecular formula is C10H17N3O. The molecule has 0 aliphatic rings. The fourth-order valence-electron chi connectivity index (χ4n) is 1.31. The van der Waals surface area contributed by atoms with Gasteiger partial charge in [-0.3, -0.25) is 0 Å². The molecule has 0 aromatic carbocycles. The standard InChI is InChI=1S/C10H17N3O/c1-6(2)9(14)8(11)7-4-3-5-13-10(7)12/h3-6,8-9,14H,11H2,1-2H3,(H2,12,13)/t8-,9+/m1/s1. The lowest BCUT2D eigenvalue weighted by Gasteiger charge is -2.22. The van der Waals surface area contributed by atoms with Gasteiger partial charge in [-0.15, -0.1) is 0 Å². The van der Waals surface area contributed by atoms with Gasteiger partial charge in [-0.2, -0.15) is 0 Å². The molecule has 0 saturated heterocycles. The molecular weight excluding hydrogens is 178 g/mol. The summed E-state index contributed by atoms with van der Waals surface area (Å²) in [6, 6.07) is 3.08. The number of aliphatic hydroxyl groups excluding tert-OH is 1. The molecule has 0 amide bonds. The quantitative estimate of drug-likeness (QED) is 0.662. The minimum atomic E-state index is -0.596. The zero-order chi connectivity index (χ0) is 10.7. The van der Waals surface area contributed by atoms with Crippen molar-refractivity contribution in [2.24, 2.45) is 11.7 Å². The Morgan fingerprint density at radius 1 is 1.43 bits per heavy atom. The molecule has 1 aromatic rings. The second-order valence-electron chi connectivity index (χ2n) is 3.74. The first kappa shape index (κ1) is 10.9. The number of nitrogens with two attached hydrogens (primary N) is 2. The number of hydrogen-bond donors (Lipinski definition) is 3. The number of nitrogens with zero attached hydrogens (tertiary/aromatic N) is 1. The molecule has 0 fully saturated rings. The predicted molar refractivity (Wildman–Crippen MR) is 56.4 cm³/mol. The highest BCUT2D eigenvalue weighted by Gasteiger charge is 2.21. The number of hydrogen-bond acceptors (Lipinski definition) is 4. The third-order valence-electron chi connectivity index (χ3n) is 2.28. The average molecular weight is 195 g/mol. The first-order valence-electron chi connectivity index (χ1n) is 4.68. The molecule has 4 heteroatoms. The van der Waals surface area contributed by atoms with Crippen molar-refractivity contribution in [3.63, 3.8) is 0 Å². The molecule has 0 spiro atoms. The number of aliphatic hydroxyl groups is 1. The van der Waals surface area contributed by atoms with Crippen LogP contribution in [-0.2, 0) is 0 Å². The van der Waals surface area contributed by atoms with Crippen LogP contribution in [-0.4, -0.2) is 16.2 Å². The molecule has 0 aliphatic carbocycles. The number of pyridine rings is 1. The van der Waals surface area contributed by atoms with Gasteiger partial charge in [-0.1, -0.05) is 19.9 Å². The van der Waals surface area contributed by atoms with Gasteiger partial charge in [-0.05, 0) is 12.0 Å². The number of nitrogen functional groups attached to an aromatic ring is 1. The van der Waals surface area contributed by atoms with E-state index in [1.54, 1.807) is 18.3 Å². The Morgan fingerprint density at radius 2 is 2.07 bits per heavy atom. The zero-order valence-electron chi connectivity index (χ0n) is 8.51. The van der Waals surface area contributed by atoms with Crippen LogP contribution in [0.2, 0.25) is 0 Å². The Kier molecular flexibility index (Phi) is 3.43. The highest BCUT2D eigenvalue weighted by molar-refractivity contribution is 5.41. The van der Waals surface area contributed by atoms with E-state index >= 15 is 0 Å². The second-order valence-corrected chi connectivity index (χ2v) is 3.74. The van der Waals surface area contributed by atoms with Crippen LogP contribution in [0.4, 0.5) is 5.82 Å². The van der Waals surface area contributed by atoms with Crippen molar-refractivity contribution in [1.29, 1.82) is 0 Å². The van der Waals surface area contributed by atoms with Gasteiger partial charge in [-0.25, -0.2) is 4.98 Å². The van der Waals surface area contributed by atoms with Gasteiger partial charge < -0.3 is 16.6 Å². The first-order valence-corrected chi connectivity index (χ1v) is 4.68. The molecule has 4 nitrogen and oxygen atoms in total. The highest BCUT2D eigenvalue weighted by Crippen LogP contribution is 2.22. The van der Waals surface area contributed by atoms with Gasteiger partial charge in [0.05, 0.1) is 12.1 Å². The van der Waals surface area contributed by atoms with Crippen LogP contribution in [0.5, 0.6) is 0 Å². The van der Waals surface area contributed by atoms with Gasteiger partial charge in [0.2, 0.25) is 0 Å². The Morgan fingerprint density at radius 3 is 2.57 bits per heavy atom. The van der Waals surface area contributed by atoms with Crippen LogP contribution in [0.1, 0.15) is 25.5 Å². The molecule has 0 bridgehead atoms. The van der Waals surface area contributed by atoms with Crippen LogP contribution in [0.15, 0.2) is 18.3 Å². The van der Waals surface area contributed by atoms with E-state index in [-0.39, 0.29) is 5.92 Å². The van der Waals surface area contributed by atoms with Crippen molar-refractivity contribution < 1.29 is 5.11 Å². The van der Waals surface area contributed by atoms with E-state index in [4.69, 9.17) is 11.5 Å². The molecule has 1 rings (SSSR count). The van der Waals surface area contributed by atoms with Crippen LogP contribution in [0.25, 0.3) is 0 Å². The van der Waals surface area contributed by atoms with E-state index in [0.717, 1.165) is 0 Å². The van der Waals surface area contributed by atoms with Crippen molar-refractivity contribution >= 4 is 5.82 Å². The summed E-state index contributed by atoms with van der Waals surface area (Å²) in [5.41, 5.74) is 12.2. The number of aromatic nitrogens is 1. The Hall–Kier alpha value is -1.13. The van der Waals surface area contributed by atoms with Gasteiger partial charge in [0.25, 0.3) is 0 Å². The summed E-state index contributed by atoms with van der Waals surface area (Å²) >= 11 is 0. The molecule has 0 aliphatic heterocycles. The van der Waals surface area contributed by atoms with Crippen LogP contribution in [0, 0.1) is 5.92 Å². The fraction of sp³-hybridized carbons (Fsp3) is 0.500. The molecule has 2 atom stereocenters. The summed E-state index contributed by atoms with van der Waals surface area (Å²) in [4.78, 5) is 3.93. The Bertz CT molecular complexity index is 301. The van der Waals surface area contributed by atoms with E-state index in [1.165, 1.54) is 0 Å². The fourth-order valence-corrected chi connectivity index (χ4v) is 1.31. The minimum absolute atomic E-state index is 0.101. The largest absolute Gasteiger partial charge is 0.391 e. The van der Waals surface area contributed by atoms with Gasteiger partial charge in [0.15, 0.2) is 0 Å². The van der Waals surface area contributed by atoms with Crippen LogP contribution in [0.3, 0.4) is 0 Å². The van der Waals surface area contributed by atoms with Gasteiger partial charge >= 0.3 is 0 Å². The SMILES string of the molecule is CC(C)[C@H](O)[C@H](N)c1cccnc1N. The Balaban J connectivity index is 2.89. The molecule has 1 heterocycles. The molecule has 1 aromatic heterocycles. The van der Waals surface area contributed by atoms with Gasteiger partial charge in [0, 0.05) is 11.8 Å². The van der Waals surface area contributed by atoms with E-state index in [0.29, 0.717) is 11.4 Å². The average Bonchev–Trinajstić information content (AvgIpc) is 2.16. The van der Waals surface area contributed by atoms with E-state index in [1.807, 2.05) is 13.8 Å². The predicted octanol–water partition coefficient (Wildman–Crippen LogP) is 0.681. The summed E-state index contributed by atoms with van der Waals surface area (Å²) in [6.07, 6.45) is 1.01. The van der Waals surface area contributed by atoms with Crippen LogP contribution < -0.4 is 11.5 Å². The maximum atomic E-state index is 9.76. The van der Waals surface area contributed by atoms with Crippen molar-refractivity contribution in [2.75, 3.05) is 5.73 Å². The molecule has 5 N–H and O–H groups in total.